The number of ether oxygens (including phenoxy) is 1. The van der Waals surface area contributed by atoms with E-state index in [0.29, 0.717) is 22.3 Å². The highest BCUT2D eigenvalue weighted by molar-refractivity contribution is 7.71. The van der Waals surface area contributed by atoms with Crippen LogP contribution in [0.15, 0.2) is 42.6 Å². The van der Waals surface area contributed by atoms with Crippen LogP contribution in [0.4, 0.5) is 5.82 Å². The average molecular weight is 473 g/mol. The molecule has 10 heteroatoms. The van der Waals surface area contributed by atoms with Crippen LogP contribution in [0.25, 0.3) is 11.4 Å². The Morgan fingerprint density at radius 1 is 1.22 bits per heavy atom. The lowest BCUT2D eigenvalue weighted by molar-refractivity contribution is -0.121. The number of rotatable bonds is 6. The van der Waals surface area contributed by atoms with Crippen molar-refractivity contribution in [3.63, 3.8) is 0 Å². The molecule has 1 amide bonds. The van der Waals surface area contributed by atoms with Crippen molar-refractivity contribution in [3.05, 3.63) is 52.4 Å². The highest BCUT2D eigenvalue weighted by Gasteiger charge is 2.26. The molecule has 0 radical (unpaired) electrons. The number of nitrogens with one attached hydrogen (secondary N) is 1. The van der Waals surface area contributed by atoms with Crippen molar-refractivity contribution < 1.29 is 9.53 Å². The summed E-state index contributed by atoms with van der Waals surface area (Å²) in [5, 5.41) is 8.16. The van der Waals surface area contributed by atoms with Gasteiger partial charge in [0.25, 0.3) is 0 Å². The van der Waals surface area contributed by atoms with Crippen molar-refractivity contribution in [2.45, 2.75) is 19.5 Å². The van der Waals surface area contributed by atoms with Crippen LogP contribution in [-0.2, 0) is 18.5 Å². The van der Waals surface area contributed by atoms with E-state index in [1.807, 2.05) is 40.6 Å². The predicted molar refractivity (Wildman–Crippen MR) is 126 cm³/mol. The van der Waals surface area contributed by atoms with Crippen molar-refractivity contribution in [3.8, 4) is 17.1 Å². The molecule has 8 nitrogen and oxygen atoms in total. The van der Waals surface area contributed by atoms with Gasteiger partial charge in [0.15, 0.2) is 10.6 Å². The fourth-order valence-electron chi connectivity index (χ4n) is 3.78. The number of nitrogens with zero attached hydrogens (tertiary/aromatic N) is 5. The molecule has 0 atom stereocenters. The van der Waals surface area contributed by atoms with Crippen LogP contribution in [0.5, 0.6) is 5.75 Å². The summed E-state index contributed by atoms with van der Waals surface area (Å²) in [5.74, 6) is 2.08. The SMILES string of the molecule is COc1ccc(-c2nn(CN3CCC(C(=O)Nc4ccc(Cl)cn4)CC3)c(=S)n2C)cc1. The number of amides is 1. The Morgan fingerprint density at radius 3 is 2.56 bits per heavy atom. The van der Waals surface area contributed by atoms with E-state index >= 15 is 0 Å². The number of hydrogen-bond donors (Lipinski definition) is 1. The largest absolute Gasteiger partial charge is 0.497 e. The van der Waals surface area contributed by atoms with Crippen LogP contribution in [0.3, 0.4) is 0 Å². The molecule has 168 valence electrons. The van der Waals surface area contributed by atoms with E-state index < -0.39 is 0 Å². The number of halogens is 1. The number of likely N-dealkylation sites (tertiary alicyclic amines) is 1. The number of pyridine rings is 1. The van der Waals surface area contributed by atoms with Gasteiger partial charge in [-0.3, -0.25) is 9.69 Å². The predicted octanol–water partition coefficient (Wildman–Crippen LogP) is 3.98. The van der Waals surface area contributed by atoms with Gasteiger partial charge in [-0.2, -0.15) is 5.10 Å². The van der Waals surface area contributed by atoms with E-state index in [2.05, 4.69) is 15.2 Å². The highest BCUT2D eigenvalue weighted by atomic mass is 35.5. The fraction of sp³-hybridized carbons (Fsp3) is 0.364. The summed E-state index contributed by atoms with van der Waals surface area (Å²) in [6.07, 6.45) is 3.06. The van der Waals surface area contributed by atoms with Crippen molar-refractivity contribution in [1.29, 1.82) is 0 Å². The van der Waals surface area contributed by atoms with Gasteiger partial charge in [0.2, 0.25) is 5.91 Å². The molecule has 1 N–H and O–H groups in total. The molecule has 1 saturated heterocycles. The van der Waals surface area contributed by atoms with Crippen LogP contribution in [0, 0.1) is 10.7 Å². The summed E-state index contributed by atoms with van der Waals surface area (Å²) in [7, 11) is 3.57. The molecule has 3 aromatic rings. The monoisotopic (exact) mass is 472 g/mol. The maximum atomic E-state index is 12.6. The first-order chi connectivity index (χ1) is 15.4. The maximum absolute atomic E-state index is 12.6. The quantitative estimate of drug-likeness (QED) is 0.547. The Bertz CT molecular complexity index is 1130. The lowest BCUT2D eigenvalue weighted by Gasteiger charge is -2.30. The van der Waals surface area contributed by atoms with Crippen molar-refractivity contribution >= 4 is 35.5 Å². The van der Waals surface area contributed by atoms with Crippen LogP contribution >= 0.6 is 23.8 Å². The van der Waals surface area contributed by atoms with Gasteiger partial charge in [-0.15, -0.1) is 0 Å². The van der Waals surface area contributed by atoms with E-state index in [1.54, 1.807) is 19.2 Å². The summed E-state index contributed by atoms with van der Waals surface area (Å²) >= 11 is 11.5. The van der Waals surface area contributed by atoms with Gasteiger partial charge in [0.1, 0.15) is 11.6 Å². The van der Waals surface area contributed by atoms with Gasteiger partial charge in [-0.25, -0.2) is 9.67 Å². The van der Waals surface area contributed by atoms with Crippen LogP contribution in [-0.4, -0.2) is 50.3 Å². The van der Waals surface area contributed by atoms with Crippen LogP contribution in [0.1, 0.15) is 12.8 Å². The van der Waals surface area contributed by atoms with E-state index in [4.69, 9.17) is 33.7 Å². The molecular weight excluding hydrogens is 448 g/mol. The van der Waals surface area contributed by atoms with Crippen molar-refractivity contribution in [2.24, 2.45) is 13.0 Å². The Kier molecular flexibility index (Phi) is 6.88. The molecule has 3 heterocycles. The minimum Gasteiger partial charge on any atom is -0.497 e. The number of anilines is 1. The molecule has 32 heavy (non-hydrogen) atoms. The number of carbonyl (C=O) groups excluding carboxylic acids is 1. The van der Waals surface area contributed by atoms with Crippen LogP contribution in [0.2, 0.25) is 5.02 Å². The Balaban J connectivity index is 1.36. The van der Waals surface area contributed by atoms with Crippen molar-refractivity contribution in [2.75, 3.05) is 25.5 Å². The third-order valence-corrected chi connectivity index (χ3v) is 6.37. The summed E-state index contributed by atoms with van der Waals surface area (Å²) in [4.78, 5) is 19.0. The van der Waals surface area contributed by atoms with Gasteiger partial charge >= 0.3 is 0 Å². The number of aromatic nitrogens is 4. The molecule has 1 aliphatic heterocycles. The molecule has 1 fully saturated rings. The second-order valence-corrected chi connectivity index (χ2v) is 8.58. The third kappa shape index (κ3) is 5.01. The summed E-state index contributed by atoms with van der Waals surface area (Å²) in [6.45, 7) is 2.18. The zero-order valence-electron chi connectivity index (χ0n) is 18.0. The number of carbonyl (C=O) groups is 1. The maximum Gasteiger partial charge on any atom is 0.228 e. The summed E-state index contributed by atoms with van der Waals surface area (Å²) < 4.78 is 9.64. The van der Waals surface area contributed by atoms with Gasteiger partial charge in [0, 0.05) is 37.8 Å². The zero-order valence-corrected chi connectivity index (χ0v) is 19.6. The van der Waals surface area contributed by atoms with Gasteiger partial charge < -0.3 is 14.6 Å². The van der Waals surface area contributed by atoms with Gasteiger partial charge in [0.05, 0.1) is 18.8 Å². The molecule has 1 aromatic carbocycles. The van der Waals surface area contributed by atoms with E-state index in [-0.39, 0.29) is 11.8 Å². The van der Waals surface area contributed by atoms with Crippen LogP contribution < -0.4 is 10.1 Å². The first-order valence-electron chi connectivity index (χ1n) is 10.4. The summed E-state index contributed by atoms with van der Waals surface area (Å²) in [6, 6.07) is 11.2. The third-order valence-electron chi connectivity index (χ3n) is 5.66. The Hall–Kier alpha value is -2.75. The number of methoxy groups -OCH3 is 1. The van der Waals surface area contributed by atoms with Gasteiger partial charge in [-0.1, -0.05) is 11.6 Å². The first kappa shape index (κ1) is 22.4. The lowest BCUT2D eigenvalue weighted by Crippen LogP contribution is -2.39. The Labute approximate surface area is 196 Å². The number of piperidine rings is 1. The molecule has 0 saturated carbocycles. The smallest absolute Gasteiger partial charge is 0.228 e. The summed E-state index contributed by atoms with van der Waals surface area (Å²) in [5.41, 5.74) is 0.976. The molecule has 1 aliphatic rings. The molecule has 4 rings (SSSR count). The Morgan fingerprint density at radius 2 is 1.94 bits per heavy atom. The molecule has 0 aliphatic carbocycles. The zero-order chi connectivity index (χ0) is 22.7. The lowest BCUT2D eigenvalue weighted by atomic mass is 9.96. The normalized spacial score (nSPS) is 15.0. The standard InChI is InChI=1S/C22H25ClN6O2S/c1-27-20(15-3-6-18(31-2)7-4-15)26-29(22(27)32)14-28-11-9-16(10-12-28)21(30)25-19-8-5-17(23)13-24-19/h3-8,13,16H,9-12,14H2,1-2H3,(H,24,25,30). The highest BCUT2D eigenvalue weighted by Crippen LogP contribution is 2.23. The first-order valence-corrected chi connectivity index (χ1v) is 11.2. The number of benzene rings is 1. The molecule has 2 aromatic heterocycles. The molecule has 0 spiro atoms. The minimum absolute atomic E-state index is 0.00397. The molecule has 0 unspecified atom stereocenters. The fourth-order valence-corrected chi connectivity index (χ4v) is 4.07. The second kappa shape index (κ2) is 9.81. The van der Waals surface area contributed by atoms with E-state index in [9.17, 15) is 4.79 Å². The topological polar surface area (TPSA) is 77.2 Å². The minimum atomic E-state index is -0.0460. The van der Waals surface area contributed by atoms with E-state index in [0.717, 1.165) is 43.1 Å². The van der Waals surface area contributed by atoms with Crippen molar-refractivity contribution in [1.82, 2.24) is 24.2 Å². The molecular formula is C22H25ClN6O2S. The average Bonchev–Trinajstić information content (AvgIpc) is 3.09. The molecule has 0 bridgehead atoms. The van der Waals surface area contributed by atoms with E-state index in [1.165, 1.54) is 6.20 Å². The number of hydrogen-bond acceptors (Lipinski definition) is 6. The second-order valence-electron chi connectivity index (χ2n) is 7.78. The van der Waals surface area contributed by atoms with Gasteiger partial charge in [-0.05, 0) is 61.5 Å².